The summed E-state index contributed by atoms with van der Waals surface area (Å²) in [6.45, 7) is 8.50. The van der Waals surface area contributed by atoms with E-state index >= 15 is 0 Å². The van der Waals surface area contributed by atoms with Gasteiger partial charge in [0, 0.05) is 13.5 Å². The molecule has 18 heavy (non-hydrogen) atoms. The van der Waals surface area contributed by atoms with Gasteiger partial charge in [-0.05, 0) is 12.0 Å². The van der Waals surface area contributed by atoms with Crippen LogP contribution in [-0.2, 0) is 4.79 Å². The average molecular weight is 261 g/mol. The van der Waals surface area contributed by atoms with Crippen LogP contribution in [0.5, 0.6) is 0 Å². The first kappa shape index (κ1) is 14.7. The number of allylic oxidation sites excluding steroid dienone is 1. The Morgan fingerprint density at radius 3 is 2.50 bits per heavy atom. The van der Waals surface area contributed by atoms with E-state index in [1.165, 1.54) is 5.19 Å². The highest BCUT2D eigenvalue weighted by atomic mass is 28.3. The van der Waals surface area contributed by atoms with Crippen molar-refractivity contribution in [2.45, 2.75) is 31.5 Å². The van der Waals surface area contributed by atoms with Crippen LogP contribution in [0.1, 0.15) is 12.8 Å². The second-order valence-corrected chi connectivity index (χ2v) is 10.0. The second-order valence-electron chi connectivity index (χ2n) is 5.19. The first-order chi connectivity index (χ1) is 8.52. The van der Waals surface area contributed by atoms with Gasteiger partial charge in [-0.2, -0.15) is 0 Å². The van der Waals surface area contributed by atoms with Gasteiger partial charge in [0.05, 0.1) is 8.07 Å². The number of carbonyl (C=O) groups excluding carboxylic acids is 1. The summed E-state index contributed by atoms with van der Waals surface area (Å²) in [7, 11) is 0.0578. The molecular weight excluding hydrogens is 238 g/mol. The standard InChI is InChI=1S/C15H23NOSi/c1-5-9-14(12-15(17)16-2)18(3,4)13-10-7-6-8-11-13/h5-8,10-11,14H,1,9,12H2,2-4H3,(H,16,17). The molecule has 0 aromatic heterocycles. The lowest BCUT2D eigenvalue weighted by molar-refractivity contribution is -0.120. The molecule has 1 aromatic rings. The highest BCUT2D eigenvalue weighted by Gasteiger charge is 2.33. The third-order valence-electron chi connectivity index (χ3n) is 3.70. The smallest absolute Gasteiger partial charge is 0.219 e. The first-order valence-corrected chi connectivity index (χ1v) is 9.47. The van der Waals surface area contributed by atoms with Gasteiger partial charge in [0.2, 0.25) is 5.91 Å². The number of benzene rings is 1. The Kier molecular flexibility index (Phi) is 5.35. The van der Waals surface area contributed by atoms with Crippen LogP contribution in [0.15, 0.2) is 43.0 Å². The number of amides is 1. The number of hydrogen-bond donors (Lipinski definition) is 1. The summed E-state index contributed by atoms with van der Waals surface area (Å²) < 4.78 is 0. The Labute approximate surface area is 111 Å². The molecule has 0 spiro atoms. The molecule has 0 saturated heterocycles. The first-order valence-electron chi connectivity index (χ1n) is 6.39. The fraction of sp³-hybridized carbons (Fsp3) is 0.400. The molecule has 0 bridgehead atoms. The molecule has 0 aliphatic rings. The van der Waals surface area contributed by atoms with Crippen molar-refractivity contribution in [2.75, 3.05) is 7.05 Å². The molecular formula is C15H23NOSi. The van der Waals surface area contributed by atoms with Crippen LogP contribution in [-0.4, -0.2) is 21.0 Å². The van der Waals surface area contributed by atoms with Crippen LogP contribution in [0.3, 0.4) is 0 Å². The van der Waals surface area contributed by atoms with Gasteiger partial charge in [-0.3, -0.25) is 4.79 Å². The van der Waals surface area contributed by atoms with Crippen molar-refractivity contribution in [3.63, 3.8) is 0 Å². The molecule has 0 radical (unpaired) electrons. The molecule has 1 atom stereocenters. The summed E-state index contributed by atoms with van der Waals surface area (Å²) in [5.74, 6) is 0.123. The molecule has 0 aliphatic heterocycles. The third-order valence-corrected chi connectivity index (χ3v) is 8.00. The van der Waals surface area contributed by atoms with Crippen LogP contribution in [0, 0.1) is 0 Å². The van der Waals surface area contributed by atoms with Crippen molar-refractivity contribution in [1.29, 1.82) is 0 Å². The molecule has 1 N–H and O–H groups in total. The van der Waals surface area contributed by atoms with E-state index in [-0.39, 0.29) is 5.91 Å². The van der Waals surface area contributed by atoms with Gasteiger partial charge >= 0.3 is 0 Å². The maximum atomic E-state index is 11.7. The van der Waals surface area contributed by atoms with Crippen molar-refractivity contribution in [1.82, 2.24) is 5.32 Å². The van der Waals surface area contributed by atoms with Crippen molar-refractivity contribution < 1.29 is 4.79 Å². The van der Waals surface area contributed by atoms with E-state index in [9.17, 15) is 4.79 Å². The third kappa shape index (κ3) is 3.57. The van der Waals surface area contributed by atoms with E-state index in [4.69, 9.17) is 0 Å². The summed E-state index contributed by atoms with van der Waals surface area (Å²) in [6.07, 6.45) is 3.43. The molecule has 1 aromatic carbocycles. The SMILES string of the molecule is C=CCC(CC(=O)NC)[Si](C)(C)c1ccccc1. The molecule has 3 heteroatoms. The van der Waals surface area contributed by atoms with Crippen molar-refractivity contribution in [3.8, 4) is 0 Å². The van der Waals surface area contributed by atoms with E-state index in [2.05, 4.69) is 49.3 Å². The van der Waals surface area contributed by atoms with Crippen LogP contribution in [0.4, 0.5) is 0 Å². The lowest BCUT2D eigenvalue weighted by Crippen LogP contribution is -2.47. The predicted octanol–water partition coefficient (Wildman–Crippen LogP) is 2.68. The van der Waals surface area contributed by atoms with E-state index in [0.717, 1.165) is 6.42 Å². The second kappa shape index (κ2) is 6.54. The van der Waals surface area contributed by atoms with Crippen molar-refractivity contribution >= 4 is 19.2 Å². The quantitative estimate of drug-likeness (QED) is 0.619. The molecule has 0 heterocycles. The highest BCUT2D eigenvalue weighted by molar-refractivity contribution is 6.91. The maximum absolute atomic E-state index is 11.7. The Morgan fingerprint density at radius 2 is 2.00 bits per heavy atom. The molecule has 0 aliphatic carbocycles. The normalized spacial score (nSPS) is 12.8. The zero-order valence-electron chi connectivity index (χ0n) is 11.6. The molecule has 0 fully saturated rings. The minimum atomic E-state index is -1.64. The Hall–Kier alpha value is -1.35. The van der Waals surface area contributed by atoms with E-state index in [1.807, 2.05) is 12.1 Å². The lowest BCUT2D eigenvalue weighted by atomic mass is 10.2. The van der Waals surface area contributed by atoms with Crippen LogP contribution in [0.2, 0.25) is 18.6 Å². The van der Waals surface area contributed by atoms with Crippen LogP contribution in [0.25, 0.3) is 0 Å². The number of hydrogen-bond acceptors (Lipinski definition) is 1. The summed E-state index contributed by atoms with van der Waals surface area (Å²) in [5, 5.41) is 4.13. The molecule has 1 amide bonds. The molecule has 2 nitrogen and oxygen atoms in total. The Bertz CT molecular complexity index is 400. The summed E-state index contributed by atoms with van der Waals surface area (Å²) in [5.41, 5.74) is 0.400. The largest absolute Gasteiger partial charge is 0.359 e. The summed E-state index contributed by atoms with van der Waals surface area (Å²) in [6, 6.07) is 10.6. The fourth-order valence-corrected chi connectivity index (χ4v) is 5.24. The molecule has 98 valence electrons. The Morgan fingerprint density at radius 1 is 1.39 bits per heavy atom. The lowest BCUT2D eigenvalue weighted by Gasteiger charge is -2.32. The fourth-order valence-electron chi connectivity index (χ4n) is 2.26. The van der Waals surface area contributed by atoms with Gasteiger partial charge in [0.25, 0.3) is 0 Å². The van der Waals surface area contributed by atoms with Gasteiger partial charge in [-0.25, -0.2) is 0 Å². The van der Waals surface area contributed by atoms with Gasteiger partial charge in [-0.1, -0.05) is 54.7 Å². The van der Waals surface area contributed by atoms with Crippen LogP contribution >= 0.6 is 0 Å². The Balaban J connectivity index is 2.96. The minimum absolute atomic E-state index is 0.123. The van der Waals surface area contributed by atoms with Crippen molar-refractivity contribution in [3.05, 3.63) is 43.0 Å². The topological polar surface area (TPSA) is 29.1 Å². The zero-order chi connectivity index (χ0) is 13.6. The number of carbonyl (C=O) groups is 1. The van der Waals surface area contributed by atoms with E-state index in [1.54, 1.807) is 7.05 Å². The van der Waals surface area contributed by atoms with E-state index in [0.29, 0.717) is 12.0 Å². The maximum Gasteiger partial charge on any atom is 0.219 e. The van der Waals surface area contributed by atoms with Crippen LogP contribution < -0.4 is 10.5 Å². The average Bonchev–Trinajstić information content (AvgIpc) is 2.39. The van der Waals surface area contributed by atoms with Gasteiger partial charge < -0.3 is 5.32 Å². The monoisotopic (exact) mass is 261 g/mol. The molecule has 1 unspecified atom stereocenters. The van der Waals surface area contributed by atoms with Gasteiger partial charge in [0.15, 0.2) is 0 Å². The highest BCUT2D eigenvalue weighted by Crippen LogP contribution is 2.29. The van der Waals surface area contributed by atoms with Gasteiger partial charge in [-0.15, -0.1) is 6.58 Å². The summed E-state index contributed by atoms with van der Waals surface area (Å²) >= 11 is 0. The zero-order valence-corrected chi connectivity index (χ0v) is 12.6. The summed E-state index contributed by atoms with van der Waals surface area (Å²) in [4.78, 5) is 11.7. The number of nitrogens with one attached hydrogen (secondary N) is 1. The predicted molar refractivity (Wildman–Crippen MR) is 80.8 cm³/mol. The molecule has 0 saturated carbocycles. The minimum Gasteiger partial charge on any atom is -0.359 e. The number of rotatable bonds is 6. The van der Waals surface area contributed by atoms with Crippen molar-refractivity contribution in [2.24, 2.45) is 0 Å². The van der Waals surface area contributed by atoms with E-state index < -0.39 is 8.07 Å². The molecule has 1 rings (SSSR count). The van der Waals surface area contributed by atoms with Gasteiger partial charge in [0.1, 0.15) is 0 Å².